The van der Waals surface area contributed by atoms with Gasteiger partial charge in [0, 0.05) is 0 Å². The standard InChI is InChI=1S/C12H18O3/c1-9(13)10-4-6-11(7-5-10)15-8-12(2,3)14/h4-7,9,13-14H,8H2,1-3H3. The van der Waals surface area contributed by atoms with Gasteiger partial charge in [-0.25, -0.2) is 0 Å². The first-order valence-electron chi connectivity index (χ1n) is 5.02. The zero-order valence-corrected chi connectivity index (χ0v) is 9.40. The largest absolute Gasteiger partial charge is 0.491 e. The average molecular weight is 210 g/mol. The van der Waals surface area contributed by atoms with Crippen LogP contribution in [-0.2, 0) is 0 Å². The van der Waals surface area contributed by atoms with E-state index in [4.69, 9.17) is 4.74 Å². The molecule has 84 valence electrons. The molecule has 1 unspecified atom stereocenters. The third-order valence-electron chi connectivity index (χ3n) is 1.95. The number of hydrogen-bond acceptors (Lipinski definition) is 3. The maximum absolute atomic E-state index is 9.46. The van der Waals surface area contributed by atoms with Gasteiger partial charge in [0.1, 0.15) is 12.4 Å². The van der Waals surface area contributed by atoms with Crippen molar-refractivity contribution < 1.29 is 14.9 Å². The molecule has 0 saturated heterocycles. The molecule has 0 saturated carbocycles. The summed E-state index contributed by atoms with van der Waals surface area (Å²) in [7, 11) is 0. The van der Waals surface area contributed by atoms with Crippen LogP contribution in [-0.4, -0.2) is 22.4 Å². The highest BCUT2D eigenvalue weighted by Gasteiger charge is 2.13. The predicted molar refractivity (Wildman–Crippen MR) is 58.9 cm³/mol. The summed E-state index contributed by atoms with van der Waals surface area (Å²) in [6.45, 7) is 5.35. The molecule has 0 amide bonds. The van der Waals surface area contributed by atoms with E-state index in [0.717, 1.165) is 5.56 Å². The summed E-state index contributed by atoms with van der Waals surface area (Å²) < 4.78 is 5.37. The van der Waals surface area contributed by atoms with Crippen molar-refractivity contribution in [3.63, 3.8) is 0 Å². The summed E-state index contributed by atoms with van der Waals surface area (Å²) in [5.74, 6) is 0.696. The molecular formula is C12H18O3. The zero-order chi connectivity index (χ0) is 11.5. The van der Waals surface area contributed by atoms with Crippen LogP contribution >= 0.6 is 0 Å². The van der Waals surface area contributed by atoms with Gasteiger partial charge in [-0.1, -0.05) is 12.1 Å². The maximum Gasteiger partial charge on any atom is 0.119 e. The molecule has 0 aliphatic carbocycles. The number of hydrogen-bond donors (Lipinski definition) is 2. The molecule has 15 heavy (non-hydrogen) atoms. The number of aliphatic hydroxyl groups is 2. The minimum Gasteiger partial charge on any atom is -0.491 e. The van der Waals surface area contributed by atoms with Crippen LogP contribution in [0.3, 0.4) is 0 Å². The smallest absolute Gasteiger partial charge is 0.119 e. The molecule has 0 fully saturated rings. The van der Waals surface area contributed by atoms with E-state index in [2.05, 4.69) is 0 Å². The minimum atomic E-state index is -0.830. The predicted octanol–water partition coefficient (Wildman–Crippen LogP) is 1.89. The van der Waals surface area contributed by atoms with Crippen LogP contribution in [0.1, 0.15) is 32.4 Å². The fourth-order valence-corrected chi connectivity index (χ4v) is 1.10. The van der Waals surface area contributed by atoms with Crippen molar-refractivity contribution in [2.45, 2.75) is 32.5 Å². The molecule has 1 aromatic carbocycles. The van der Waals surface area contributed by atoms with Crippen molar-refractivity contribution in [2.75, 3.05) is 6.61 Å². The first-order chi connectivity index (χ1) is 6.88. The van der Waals surface area contributed by atoms with Gasteiger partial charge in [-0.15, -0.1) is 0 Å². The van der Waals surface area contributed by atoms with Gasteiger partial charge >= 0.3 is 0 Å². The highest BCUT2D eigenvalue weighted by molar-refractivity contribution is 5.28. The second kappa shape index (κ2) is 4.64. The zero-order valence-electron chi connectivity index (χ0n) is 9.40. The Morgan fingerprint density at radius 2 is 1.80 bits per heavy atom. The molecule has 2 N–H and O–H groups in total. The fourth-order valence-electron chi connectivity index (χ4n) is 1.10. The van der Waals surface area contributed by atoms with Crippen molar-refractivity contribution >= 4 is 0 Å². The van der Waals surface area contributed by atoms with Gasteiger partial charge in [-0.05, 0) is 38.5 Å². The van der Waals surface area contributed by atoms with E-state index in [-0.39, 0.29) is 6.61 Å². The number of benzene rings is 1. The van der Waals surface area contributed by atoms with Crippen molar-refractivity contribution in [3.05, 3.63) is 29.8 Å². The molecule has 0 aliphatic heterocycles. The fraction of sp³-hybridized carbons (Fsp3) is 0.500. The van der Waals surface area contributed by atoms with E-state index in [1.807, 2.05) is 12.1 Å². The Morgan fingerprint density at radius 3 is 2.20 bits per heavy atom. The van der Waals surface area contributed by atoms with Crippen LogP contribution in [0.25, 0.3) is 0 Å². The van der Waals surface area contributed by atoms with Crippen LogP contribution in [0, 0.1) is 0 Å². The van der Waals surface area contributed by atoms with E-state index < -0.39 is 11.7 Å². The summed E-state index contributed by atoms with van der Waals surface area (Å²) in [5, 5.41) is 18.7. The van der Waals surface area contributed by atoms with Crippen LogP contribution in [0.2, 0.25) is 0 Å². The molecule has 0 radical (unpaired) electrons. The lowest BCUT2D eigenvalue weighted by Gasteiger charge is -2.18. The number of aliphatic hydroxyl groups excluding tert-OH is 1. The Hall–Kier alpha value is -1.06. The van der Waals surface area contributed by atoms with E-state index in [0.29, 0.717) is 5.75 Å². The summed E-state index contributed by atoms with van der Waals surface area (Å²) in [4.78, 5) is 0. The Balaban J connectivity index is 2.57. The van der Waals surface area contributed by atoms with E-state index in [1.165, 1.54) is 0 Å². The van der Waals surface area contributed by atoms with Crippen LogP contribution in [0.5, 0.6) is 5.75 Å². The van der Waals surface area contributed by atoms with Gasteiger partial charge < -0.3 is 14.9 Å². The molecule has 3 nitrogen and oxygen atoms in total. The van der Waals surface area contributed by atoms with Gasteiger partial charge in [0.25, 0.3) is 0 Å². The lowest BCUT2D eigenvalue weighted by atomic mass is 10.1. The highest BCUT2D eigenvalue weighted by atomic mass is 16.5. The normalized spacial score (nSPS) is 13.7. The lowest BCUT2D eigenvalue weighted by molar-refractivity contribution is 0.0284. The summed E-state index contributed by atoms with van der Waals surface area (Å²) in [6, 6.07) is 7.19. The molecule has 1 atom stereocenters. The van der Waals surface area contributed by atoms with Gasteiger partial charge in [0.2, 0.25) is 0 Å². The van der Waals surface area contributed by atoms with Crippen LogP contribution < -0.4 is 4.74 Å². The Bertz CT molecular complexity index is 296. The Labute approximate surface area is 90.3 Å². The van der Waals surface area contributed by atoms with Gasteiger partial charge in [-0.3, -0.25) is 0 Å². The molecule has 0 heterocycles. The average Bonchev–Trinajstić information content (AvgIpc) is 2.14. The van der Waals surface area contributed by atoms with Gasteiger partial charge in [-0.2, -0.15) is 0 Å². The topological polar surface area (TPSA) is 49.7 Å². The minimum absolute atomic E-state index is 0.251. The van der Waals surface area contributed by atoms with Crippen molar-refractivity contribution in [3.8, 4) is 5.75 Å². The maximum atomic E-state index is 9.46. The Kier molecular flexibility index (Phi) is 3.72. The van der Waals surface area contributed by atoms with E-state index in [1.54, 1.807) is 32.9 Å². The van der Waals surface area contributed by atoms with E-state index >= 15 is 0 Å². The first kappa shape index (κ1) is 12.0. The second-order valence-corrected chi connectivity index (χ2v) is 4.35. The summed E-state index contributed by atoms with van der Waals surface area (Å²) >= 11 is 0. The van der Waals surface area contributed by atoms with Gasteiger partial charge in [0.15, 0.2) is 0 Å². The molecule has 0 aromatic heterocycles. The number of ether oxygens (including phenoxy) is 1. The monoisotopic (exact) mass is 210 g/mol. The second-order valence-electron chi connectivity index (χ2n) is 4.35. The van der Waals surface area contributed by atoms with Crippen molar-refractivity contribution in [1.29, 1.82) is 0 Å². The van der Waals surface area contributed by atoms with Crippen molar-refractivity contribution in [2.24, 2.45) is 0 Å². The molecule has 3 heteroatoms. The van der Waals surface area contributed by atoms with E-state index in [9.17, 15) is 10.2 Å². The SMILES string of the molecule is CC(O)c1ccc(OCC(C)(C)O)cc1. The lowest BCUT2D eigenvalue weighted by Crippen LogP contribution is -2.27. The molecule has 0 aliphatic rings. The number of rotatable bonds is 4. The molecule has 0 spiro atoms. The molecule has 0 bridgehead atoms. The highest BCUT2D eigenvalue weighted by Crippen LogP contribution is 2.18. The Morgan fingerprint density at radius 1 is 1.27 bits per heavy atom. The first-order valence-corrected chi connectivity index (χ1v) is 5.02. The quantitative estimate of drug-likeness (QED) is 0.797. The summed E-state index contributed by atoms with van der Waals surface area (Å²) in [6.07, 6.45) is -0.465. The molecular weight excluding hydrogens is 192 g/mol. The van der Waals surface area contributed by atoms with Crippen molar-refractivity contribution in [1.82, 2.24) is 0 Å². The third-order valence-corrected chi connectivity index (χ3v) is 1.95. The van der Waals surface area contributed by atoms with Gasteiger partial charge in [0.05, 0.1) is 11.7 Å². The summed E-state index contributed by atoms with van der Waals surface area (Å²) in [5.41, 5.74) is 0.0220. The molecule has 1 aromatic rings. The third kappa shape index (κ3) is 4.32. The molecule has 1 rings (SSSR count). The van der Waals surface area contributed by atoms with Crippen LogP contribution in [0.15, 0.2) is 24.3 Å². The van der Waals surface area contributed by atoms with Crippen LogP contribution in [0.4, 0.5) is 0 Å².